The number of hydrogen-bond acceptors (Lipinski definition) is 7. The summed E-state index contributed by atoms with van der Waals surface area (Å²) >= 11 is 1.35. The van der Waals surface area contributed by atoms with Crippen LogP contribution in [0.4, 0.5) is 0 Å². The number of thioether (sulfide) groups is 1. The predicted octanol–water partition coefficient (Wildman–Crippen LogP) is 5.83. The SMILES string of the molecule is CCOc1cc(/C=C2/C(=N)N3N=C(CC(C)C)SC3=NC2=O)ccc1OCCOc1ccc(C)c(C)c1. The Morgan fingerprint density at radius 2 is 1.81 bits per heavy atom. The molecule has 0 atom stereocenters. The minimum absolute atomic E-state index is 0.0167. The number of carbonyl (C=O) groups is 1. The van der Waals surface area contributed by atoms with Gasteiger partial charge >= 0.3 is 0 Å². The monoisotopic (exact) mass is 520 g/mol. The lowest BCUT2D eigenvalue weighted by Gasteiger charge is -2.20. The van der Waals surface area contributed by atoms with Gasteiger partial charge in [0.1, 0.15) is 24.0 Å². The summed E-state index contributed by atoms with van der Waals surface area (Å²) in [5, 5.41) is 15.8. The van der Waals surface area contributed by atoms with Crippen LogP contribution >= 0.6 is 11.8 Å². The molecule has 2 aliphatic heterocycles. The Morgan fingerprint density at radius 3 is 2.54 bits per heavy atom. The van der Waals surface area contributed by atoms with E-state index in [0.29, 0.717) is 48.0 Å². The largest absolute Gasteiger partial charge is 0.490 e. The van der Waals surface area contributed by atoms with Crippen LogP contribution in [-0.4, -0.2) is 46.8 Å². The first-order chi connectivity index (χ1) is 17.7. The summed E-state index contributed by atoms with van der Waals surface area (Å²) in [7, 11) is 0. The second-order valence-corrected chi connectivity index (χ2v) is 10.2. The number of aliphatic imine (C=N–C) groups is 1. The molecular formula is C28H32N4O4S. The van der Waals surface area contributed by atoms with Gasteiger partial charge in [0, 0.05) is 6.42 Å². The summed E-state index contributed by atoms with van der Waals surface area (Å²) in [6.45, 7) is 11.4. The number of rotatable bonds is 10. The van der Waals surface area contributed by atoms with Crippen LogP contribution in [0.15, 0.2) is 52.1 Å². The summed E-state index contributed by atoms with van der Waals surface area (Å²) in [4.78, 5) is 16.9. The Hall–Kier alpha value is -3.59. The van der Waals surface area contributed by atoms with Crippen molar-refractivity contribution in [1.29, 1.82) is 5.41 Å². The number of benzene rings is 2. The number of carbonyl (C=O) groups excluding carboxylic acids is 1. The fourth-order valence-corrected chi connectivity index (χ4v) is 4.84. The second kappa shape index (κ2) is 11.6. The van der Waals surface area contributed by atoms with Crippen LogP contribution in [0.2, 0.25) is 0 Å². The highest BCUT2D eigenvalue weighted by molar-refractivity contribution is 8.26. The van der Waals surface area contributed by atoms with Gasteiger partial charge in [0.2, 0.25) is 5.17 Å². The van der Waals surface area contributed by atoms with Crippen molar-refractivity contribution in [3.05, 3.63) is 58.7 Å². The number of hydrogen-bond donors (Lipinski definition) is 1. The van der Waals surface area contributed by atoms with Gasteiger partial charge in [0.25, 0.3) is 5.91 Å². The molecule has 0 aromatic heterocycles. The minimum atomic E-state index is -0.452. The van der Waals surface area contributed by atoms with Crippen LogP contribution in [0.1, 0.15) is 43.9 Å². The molecule has 2 aromatic carbocycles. The first kappa shape index (κ1) is 26.5. The molecule has 37 heavy (non-hydrogen) atoms. The summed E-state index contributed by atoms with van der Waals surface area (Å²) in [5.74, 6) is 1.92. The third kappa shape index (κ3) is 6.40. The topological polar surface area (TPSA) is 96.6 Å². The van der Waals surface area contributed by atoms with Gasteiger partial charge in [-0.25, -0.2) is 0 Å². The van der Waals surface area contributed by atoms with Crippen LogP contribution in [0.3, 0.4) is 0 Å². The summed E-state index contributed by atoms with van der Waals surface area (Å²) in [6, 6.07) is 11.4. The molecule has 9 heteroatoms. The maximum Gasteiger partial charge on any atom is 0.283 e. The van der Waals surface area contributed by atoms with E-state index in [0.717, 1.165) is 17.2 Å². The van der Waals surface area contributed by atoms with Crippen molar-refractivity contribution in [2.45, 2.75) is 41.0 Å². The van der Waals surface area contributed by atoms with E-state index in [1.165, 1.54) is 27.9 Å². The summed E-state index contributed by atoms with van der Waals surface area (Å²) < 4.78 is 17.5. The standard InChI is InChI=1S/C28H32N4O4S/c1-6-34-24-16-20(8-10-23(24)36-12-11-35-21-9-7-18(4)19(5)14-21)15-22-26(29)32-28(30-27(22)33)37-25(31-32)13-17(2)3/h7-10,14-17,29H,6,11-13H2,1-5H3/b22-15-,29-26?. The first-order valence-corrected chi connectivity index (χ1v) is 13.2. The zero-order valence-electron chi connectivity index (χ0n) is 21.8. The molecule has 4 rings (SSSR count). The van der Waals surface area contributed by atoms with Crippen LogP contribution in [0.5, 0.6) is 17.2 Å². The Balaban J connectivity index is 1.45. The zero-order valence-corrected chi connectivity index (χ0v) is 22.6. The molecule has 0 aliphatic carbocycles. The first-order valence-electron chi connectivity index (χ1n) is 12.3. The van der Waals surface area contributed by atoms with E-state index in [9.17, 15) is 4.79 Å². The lowest BCUT2D eigenvalue weighted by atomic mass is 10.1. The highest BCUT2D eigenvalue weighted by Crippen LogP contribution is 2.33. The van der Waals surface area contributed by atoms with Crippen molar-refractivity contribution in [1.82, 2.24) is 5.01 Å². The maximum absolute atomic E-state index is 12.7. The zero-order chi connectivity index (χ0) is 26.5. The molecule has 1 amide bonds. The average Bonchev–Trinajstić information content (AvgIpc) is 3.24. The van der Waals surface area contributed by atoms with E-state index in [-0.39, 0.29) is 11.4 Å². The molecule has 2 aliphatic rings. The Morgan fingerprint density at radius 1 is 1.03 bits per heavy atom. The number of nitrogens with zero attached hydrogens (tertiary/aromatic N) is 3. The molecule has 0 radical (unpaired) electrons. The van der Waals surface area contributed by atoms with E-state index in [4.69, 9.17) is 19.6 Å². The Labute approximate surface area is 221 Å². The Kier molecular flexibility index (Phi) is 8.33. The minimum Gasteiger partial charge on any atom is -0.490 e. The third-order valence-corrected chi connectivity index (χ3v) is 6.68. The number of nitrogens with one attached hydrogen (secondary N) is 1. The molecule has 0 saturated heterocycles. The molecule has 0 saturated carbocycles. The predicted molar refractivity (Wildman–Crippen MR) is 149 cm³/mol. The number of amides is 1. The van der Waals surface area contributed by atoms with Crippen molar-refractivity contribution >= 4 is 39.8 Å². The lowest BCUT2D eigenvalue weighted by molar-refractivity contribution is -0.114. The smallest absolute Gasteiger partial charge is 0.283 e. The molecule has 2 heterocycles. The Bertz CT molecular complexity index is 1300. The fourth-order valence-electron chi connectivity index (χ4n) is 3.75. The van der Waals surface area contributed by atoms with Gasteiger partial charge in [-0.2, -0.15) is 15.1 Å². The number of amidine groups is 2. The van der Waals surface area contributed by atoms with Crippen molar-refractivity contribution in [2.24, 2.45) is 16.0 Å². The van der Waals surface area contributed by atoms with Gasteiger partial charge in [0.15, 0.2) is 17.3 Å². The van der Waals surface area contributed by atoms with Gasteiger partial charge in [-0.15, -0.1) is 0 Å². The number of hydrazone groups is 1. The average molecular weight is 521 g/mol. The van der Waals surface area contributed by atoms with E-state index >= 15 is 0 Å². The quantitative estimate of drug-likeness (QED) is 0.313. The maximum atomic E-state index is 12.7. The molecular weight excluding hydrogens is 488 g/mol. The van der Waals surface area contributed by atoms with Crippen LogP contribution < -0.4 is 14.2 Å². The van der Waals surface area contributed by atoms with Crippen molar-refractivity contribution in [2.75, 3.05) is 19.8 Å². The molecule has 2 aromatic rings. The van der Waals surface area contributed by atoms with Crippen LogP contribution in [-0.2, 0) is 4.79 Å². The normalized spacial score (nSPS) is 16.2. The lowest BCUT2D eigenvalue weighted by Crippen LogP contribution is -2.35. The van der Waals surface area contributed by atoms with E-state index in [1.54, 1.807) is 18.2 Å². The highest BCUT2D eigenvalue weighted by Gasteiger charge is 2.35. The number of aryl methyl sites for hydroxylation is 2. The van der Waals surface area contributed by atoms with Crippen LogP contribution in [0.25, 0.3) is 6.08 Å². The van der Waals surface area contributed by atoms with Crippen LogP contribution in [0, 0.1) is 25.2 Å². The molecule has 0 spiro atoms. The molecule has 194 valence electrons. The molecule has 0 unspecified atom stereocenters. The van der Waals surface area contributed by atoms with E-state index in [1.807, 2.05) is 31.2 Å². The van der Waals surface area contributed by atoms with Gasteiger partial charge in [-0.3, -0.25) is 10.2 Å². The third-order valence-electron chi connectivity index (χ3n) is 5.75. The molecule has 0 fully saturated rings. The van der Waals surface area contributed by atoms with Crippen molar-refractivity contribution in [3.63, 3.8) is 0 Å². The number of ether oxygens (including phenoxy) is 3. The van der Waals surface area contributed by atoms with Gasteiger partial charge in [0.05, 0.1) is 12.2 Å². The summed E-state index contributed by atoms with van der Waals surface area (Å²) in [6.07, 6.45) is 2.41. The highest BCUT2D eigenvalue weighted by atomic mass is 32.2. The number of fused-ring (bicyclic) bond motifs is 1. The van der Waals surface area contributed by atoms with Crippen molar-refractivity contribution < 1.29 is 19.0 Å². The molecule has 1 N–H and O–H groups in total. The van der Waals surface area contributed by atoms with E-state index < -0.39 is 5.91 Å². The van der Waals surface area contributed by atoms with Crippen molar-refractivity contribution in [3.8, 4) is 17.2 Å². The van der Waals surface area contributed by atoms with E-state index in [2.05, 4.69) is 37.8 Å². The van der Waals surface area contributed by atoms with Gasteiger partial charge < -0.3 is 14.2 Å². The second-order valence-electron chi connectivity index (χ2n) is 9.19. The fraction of sp³-hybridized carbons (Fsp3) is 0.357. The molecule has 8 nitrogen and oxygen atoms in total. The van der Waals surface area contributed by atoms with Gasteiger partial charge in [-0.05, 0) is 85.5 Å². The summed E-state index contributed by atoms with van der Waals surface area (Å²) in [5.41, 5.74) is 3.28. The van der Waals surface area contributed by atoms with Gasteiger partial charge in [-0.1, -0.05) is 26.0 Å². The molecule has 0 bridgehead atoms.